The number of likely N-dealkylation sites (tertiary alicyclic amines) is 1. The van der Waals surface area contributed by atoms with Gasteiger partial charge in [0, 0.05) is 25.2 Å². The zero-order chi connectivity index (χ0) is 21.3. The van der Waals surface area contributed by atoms with Crippen molar-refractivity contribution in [1.82, 2.24) is 20.3 Å². The SMILES string of the molecule is CCNC(=NCc1ccc(CN2CCCCC2)cc1)NCC(C)(C)NS(C)(=O)=O. The molecule has 1 aromatic carbocycles. The summed E-state index contributed by atoms with van der Waals surface area (Å²) in [6.07, 6.45) is 5.15. The maximum atomic E-state index is 11.5. The third kappa shape index (κ3) is 9.60. The lowest BCUT2D eigenvalue weighted by molar-refractivity contribution is 0.221. The van der Waals surface area contributed by atoms with E-state index < -0.39 is 15.6 Å². The molecule has 1 heterocycles. The largest absolute Gasteiger partial charge is 0.357 e. The Balaban J connectivity index is 1.89. The summed E-state index contributed by atoms with van der Waals surface area (Å²) in [7, 11) is -3.27. The molecule has 8 heteroatoms. The number of guanidine groups is 1. The van der Waals surface area contributed by atoms with Crippen LogP contribution in [-0.4, -0.2) is 57.3 Å². The van der Waals surface area contributed by atoms with Gasteiger partial charge < -0.3 is 10.6 Å². The predicted octanol–water partition coefficient (Wildman–Crippen LogP) is 2.06. The van der Waals surface area contributed by atoms with Gasteiger partial charge in [0.05, 0.1) is 12.8 Å². The first-order chi connectivity index (χ1) is 13.7. The highest BCUT2D eigenvalue weighted by Crippen LogP contribution is 2.14. The van der Waals surface area contributed by atoms with Crippen LogP contribution in [0.2, 0.25) is 0 Å². The lowest BCUT2D eigenvalue weighted by Gasteiger charge is -2.26. The Labute approximate surface area is 176 Å². The monoisotopic (exact) mass is 423 g/mol. The highest BCUT2D eigenvalue weighted by molar-refractivity contribution is 7.88. The maximum absolute atomic E-state index is 11.5. The molecule has 29 heavy (non-hydrogen) atoms. The van der Waals surface area contributed by atoms with E-state index in [-0.39, 0.29) is 0 Å². The summed E-state index contributed by atoms with van der Waals surface area (Å²) in [6, 6.07) is 8.67. The molecule has 7 nitrogen and oxygen atoms in total. The highest BCUT2D eigenvalue weighted by atomic mass is 32.2. The molecule has 2 rings (SSSR count). The predicted molar refractivity (Wildman–Crippen MR) is 120 cm³/mol. The van der Waals surface area contributed by atoms with Crippen molar-refractivity contribution in [3.8, 4) is 0 Å². The smallest absolute Gasteiger partial charge is 0.209 e. The molecule has 3 N–H and O–H groups in total. The molecule has 0 aliphatic carbocycles. The molecule has 0 bridgehead atoms. The fourth-order valence-corrected chi connectivity index (χ4v) is 4.56. The van der Waals surface area contributed by atoms with E-state index in [9.17, 15) is 8.42 Å². The second-order valence-corrected chi connectivity index (χ2v) is 10.2. The second kappa shape index (κ2) is 10.9. The molecule has 1 aromatic rings. The van der Waals surface area contributed by atoms with Crippen LogP contribution in [0.15, 0.2) is 29.3 Å². The van der Waals surface area contributed by atoms with Gasteiger partial charge in [0.25, 0.3) is 0 Å². The lowest BCUT2D eigenvalue weighted by atomic mass is 10.1. The van der Waals surface area contributed by atoms with Gasteiger partial charge in [-0.05, 0) is 57.8 Å². The number of nitrogens with zero attached hydrogens (tertiary/aromatic N) is 2. The van der Waals surface area contributed by atoms with E-state index in [2.05, 4.69) is 49.5 Å². The van der Waals surface area contributed by atoms with Crippen molar-refractivity contribution in [2.75, 3.05) is 32.4 Å². The van der Waals surface area contributed by atoms with E-state index in [1.54, 1.807) is 0 Å². The van der Waals surface area contributed by atoms with Crippen molar-refractivity contribution in [3.63, 3.8) is 0 Å². The van der Waals surface area contributed by atoms with E-state index in [1.807, 2.05) is 20.8 Å². The van der Waals surface area contributed by atoms with Crippen molar-refractivity contribution >= 4 is 16.0 Å². The van der Waals surface area contributed by atoms with Gasteiger partial charge in [0.15, 0.2) is 5.96 Å². The minimum Gasteiger partial charge on any atom is -0.357 e. The maximum Gasteiger partial charge on any atom is 0.209 e. The van der Waals surface area contributed by atoms with Gasteiger partial charge in [-0.25, -0.2) is 18.1 Å². The zero-order valence-electron chi connectivity index (χ0n) is 18.3. The van der Waals surface area contributed by atoms with Crippen LogP contribution in [0.5, 0.6) is 0 Å². The molecule has 1 aliphatic heterocycles. The molecular weight excluding hydrogens is 386 g/mol. The fourth-order valence-electron chi connectivity index (χ4n) is 3.48. The quantitative estimate of drug-likeness (QED) is 0.418. The first-order valence-electron chi connectivity index (χ1n) is 10.5. The van der Waals surface area contributed by atoms with Gasteiger partial charge in [-0.2, -0.15) is 0 Å². The molecule has 0 unspecified atom stereocenters. The molecule has 0 aromatic heterocycles. The van der Waals surface area contributed by atoms with Crippen LogP contribution in [0, 0.1) is 0 Å². The summed E-state index contributed by atoms with van der Waals surface area (Å²) in [6.45, 7) is 10.9. The summed E-state index contributed by atoms with van der Waals surface area (Å²) < 4.78 is 25.6. The molecule has 0 saturated carbocycles. The van der Waals surface area contributed by atoms with Crippen LogP contribution in [0.1, 0.15) is 51.2 Å². The summed E-state index contributed by atoms with van der Waals surface area (Å²) in [4.78, 5) is 7.16. The lowest BCUT2D eigenvalue weighted by Crippen LogP contribution is -2.53. The number of sulfonamides is 1. The highest BCUT2D eigenvalue weighted by Gasteiger charge is 2.22. The van der Waals surface area contributed by atoms with Crippen molar-refractivity contribution in [2.45, 2.75) is 58.7 Å². The van der Waals surface area contributed by atoms with Crippen LogP contribution in [0.25, 0.3) is 0 Å². The van der Waals surface area contributed by atoms with Crippen LogP contribution in [0.4, 0.5) is 0 Å². The summed E-state index contributed by atoms with van der Waals surface area (Å²) in [5.41, 5.74) is 1.89. The van der Waals surface area contributed by atoms with Gasteiger partial charge in [-0.1, -0.05) is 30.7 Å². The number of benzene rings is 1. The minimum atomic E-state index is -3.27. The van der Waals surface area contributed by atoms with Crippen molar-refractivity contribution < 1.29 is 8.42 Å². The minimum absolute atomic E-state index is 0.431. The van der Waals surface area contributed by atoms with E-state index in [1.165, 1.54) is 44.2 Å². The van der Waals surface area contributed by atoms with Crippen molar-refractivity contribution in [2.24, 2.45) is 4.99 Å². The Kier molecular flexibility index (Phi) is 8.92. The summed E-state index contributed by atoms with van der Waals surface area (Å²) >= 11 is 0. The molecule has 0 spiro atoms. The summed E-state index contributed by atoms with van der Waals surface area (Å²) in [5.74, 6) is 0.674. The van der Waals surface area contributed by atoms with Crippen LogP contribution >= 0.6 is 0 Å². The van der Waals surface area contributed by atoms with Gasteiger partial charge >= 0.3 is 0 Å². The number of aliphatic imine (C=N–C) groups is 1. The topological polar surface area (TPSA) is 85.8 Å². The first-order valence-corrected chi connectivity index (χ1v) is 12.4. The van der Waals surface area contributed by atoms with E-state index in [0.29, 0.717) is 19.0 Å². The molecule has 1 aliphatic rings. The third-order valence-electron chi connectivity index (χ3n) is 4.80. The van der Waals surface area contributed by atoms with Crippen LogP contribution in [-0.2, 0) is 23.1 Å². The fraction of sp³-hybridized carbons (Fsp3) is 0.667. The molecule has 1 saturated heterocycles. The zero-order valence-corrected chi connectivity index (χ0v) is 19.1. The average molecular weight is 424 g/mol. The first kappa shape index (κ1) is 23.6. The Morgan fingerprint density at radius 3 is 2.28 bits per heavy atom. The molecular formula is C21H37N5O2S. The molecule has 0 amide bonds. The number of hydrogen-bond acceptors (Lipinski definition) is 4. The second-order valence-electron chi connectivity index (χ2n) is 8.46. The Hall–Kier alpha value is -1.64. The third-order valence-corrected chi connectivity index (χ3v) is 5.72. The number of hydrogen-bond donors (Lipinski definition) is 3. The number of rotatable bonds is 9. The Morgan fingerprint density at radius 2 is 1.69 bits per heavy atom. The Bertz CT molecular complexity index is 754. The number of piperidine rings is 1. The summed E-state index contributed by atoms with van der Waals surface area (Å²) in [5, 5.41) is 6.43. The van der Waals surface area contributed by atoms with E-state index in [4.69, 9.17) is 0 Å². The average Bonchev–Trinajstić information content (AvgIpc) is 2.64. The van der Waals surface area contributed by atoms with Gasteiger partial charge in [-0.15, -0.1) is 0 Å². The molecule has 0 atom stereocenters. The molecule has 164 valence electrons. The number of nitrogens with one attached hydrogen (secondary N) is 3. The molecule has 1 fully saturated rings. The van der Waals surface area contributed by atoms with Crippen molar-refractivity contribution in [1.29, 1.82) is 0 Å². The van der Waals surface area contributed by atoms with Crippen molar-refractivity contribution in [3.05, 3.63) is 35.4 Å². The normalized spacial score (nSPS) is 16.6. The van der Waals surface area contributed by atoms with E-state index in [0.717, 1.165) is 18.7 Å². The van der Waals surface area contributed by atoms with Gasteiger partial charge in [-0.3, -0.25) is 4.90 Å². The van der Waals surface area contributed by atoms with Crippen LogP contribution in [0.3, 0.4) is 0 Å². The van der Waals surface area contributed by atoms with E-state index >= 15 is 0 Å². The van der Waals surface area contributed by atoms with Gasteiger partial charge in [0.1, 0.15) is 0 Å². The molecule has 0 radical (unpaired) electrons. The standard InChI is InChI=1S/C21H37N5O2S/c1-5-22-20(24-17-21(2,3)25-29(4,27)28)23-15-18-9-11-19(12-10-18)16-26-13-7-6-8-14-26/h9-12,25H,5-8,13-17H2,1-4H3,(H2,22,23,24). The van der Waals surface area contributed by atoms with Gasteiger partial charge in [0.2, 0.25) is 10.0 Å². The Morgan fingerprint density at radius 1 is 1.07 bits per heavy atom. The van der Waals surface area contributed by atoms with Crippen LogP contribution < -0.4 is 15.4 Å².